The first kappa shape index (κ1) is 9.48. The standard InChI is InChI=1S/C7H3FN2O2S/c8-6-5(13)2-1-4(3-9)7(6)10(11)12/h1-2,13H. The van der Waals surface area contributed by atoms with Gasteiger partial charge in [0.1, 0.15) is 11.6 Å². The Morgan fingerprint density at radius 3 is 2.69 bits per heavy atom. The topological polar surface area (TPSA) is 66.9 Å². The molecule has 0 N–H and O–H groups in total. The van der Waals surface area contributed by atoms with Crippen molar-refractivity contribution in [1.82, 2.24) is 0 Å². The van der Waals surface area contributed by atoms with E-state index in [1.807, 2.05) is 0 Å². The lowest BCUT2D eigenvalue weighted by atomic mass is 10.2. The molecule has 4 nitrogen and oxygen atoms in total. The second kappa shape index (κ2) is 3.41. The van der Waals surface area contributed by atoms with E-state index >= 15 is 0 Å². The number of halogens is 1. The fourth-order valence-electron chi connectivity index (χ4n) is 0.823. The largest absolute Gasteiger partial charge is 0.323 e. The highest BCUT2D eigenvalue weighted by atomic mass is 32.1. The first-order valence-corrected chi connectivity index (χ1v) is 3.58. The van der Waals surface area contributed by atoms with Crippen molar-refractivity contribution in [2.24, 2.45) is 0 Å². The molecule has 0 aromatic heterocycles. The van der Waals surface area contributed by atoms with Gasteiger partial charge in [0.05, 0.1) is 4.92 Å². The smallest absolute Gasteiger partial charge is 0.258 e. The zero-order valence-electron chi connectivity index (χ0n) is 6.19. The summed E-state index contributed by atoms with van der Waals surface area (Å²) in [6.45, 7) is 0. The molecule has 0 radical (unpaired) electrons. The monoisotopic (exact) mass is 198 g/mol. The third kappa shape index (κ3) is 1.60. The highest BCUT2D eigenvalue weighted by Gasteiger charge is 2.21. The van der Waals surface area contributed by atoms with Crippen molar-refractivity contribution in [3.8, 4) is 6.07 Å². The minimum atomic E-state index is -1.08. The summed E-state index contributed by atoms with van der Waals surface area (Å²) in [5.41, 5.74) is -1.13. The van der Waals surface area contributed by atoms with Crippen LogP contribution in [-0.2, 0) is 0 Å². The number of benzene rings is 1. The lowest BCUT2D eigenvalue weighted by Crippen LogP contribution is -1.97. The van der Waals surface area contributed by atoms with Crippen LogP contribution in [0.3, 0.4) is 0 Å². The van der Waals surface area contributed by atoms with Gasteiger partial charge in [0.2, 0.25) is 5.82 Å². The van der Waals surface area contributed by atoms with E-state index in [4.69, 9.17) is 5.26 Å². The number of hydrogen-bond donors (Lipinski definition) is 1. The number of thiol groups is 1. The molecule has 0 aliphatic carbocycles. The Labute approximate surface area is 78.2 Å². The van der Waals surface area contributed by atoms with Gasteiger partial charge in [0.15, 0.2) is 0 Å². The quantitative estimate of drug-likeness (QED) is 0.425. The predicted molar refractivity (Wildman–Crippen MR) is 45.0 cm³/mol. The van der Waals surface area contributed by atoms with Gasteiger partial charge in [-0.1, -0.05) is 0 Å². The van der Waals surface area contributed by atoms with Crippen molar-refractivity contribution in [2.75, 3.05) is 0 Å². The summed E-state index contributed by atoms with van der Waals surface area (Å²) in [5, 5.41) is 18.8. The number of nitrogens with zero attached hydrogens (tertiary/aromatic N) is 2. The van der Waals surface area contributed by atoms with Gasteiger partial charge < -0.3 is 0 Å². The van der Waals surface area contributed by atoms with Gasteiger partial charge in [-0.2, -0.15) is 9.65 Å². The van der Waals surface area contributed by atoms with Crippen molar-refractivity contribution in [3.63, 3.8) is 0 Å². The molecular weight excluding hydrogens is 195 g/mol. The molecule has 0 amide bonds. The number of nitriles is 1. The second-order valence-electron chi connectivity index (χ2n) is 2.16. The summed E-state index contributed by atoms with van der Waals surface area (Å²) in [7, 11) is 0. The van der Waals surface area contributed by atoms with Crippen LogP contribution in [0.5, 0.6) is 0 Å². The van der Waals surface area contributed by atoms with E-state index in [9.17, 15) is 14.5 Å². The van der Waals surface area contributed by atoms with Gasteiger partial charge in [-0.25, -0.2) is 0 Å². The maximum Gasteiger partial charge on any atom is 0.323 e. The summed E-state index contributed by atoms with van der Waals surface area (Å²) in [6, 6.07) is 3.88. The number of nitro benzene ring substituents is 1. The molecular formula is C7H3FN2O2S. The molecule has 0 aliphatic heterocycles. The van der Waals surface area contributed by atoms with Crippen LogP contribution in [0.25, 0.3) is 0 Å². The van der Waals surface area contributed by atoms with Crippen molar-refractivity contribution < 1.29 is 9.31 Å². The van der Waals surface area contributed by atoms with E-state index < -0.39 is 16.4 Å². The number of rotatable bonds is 1. The molecule has 0 unspecified atom stereocenters. The second-order valence-corrected chi connectivity index (χ2v) is 2.65. The third-order valence-electron chi connectivity index (χ3n) is 1.40. The highest BCUT2D eigenvalue weighted by Crippen LogP contribution is 2.26. The molecule has 0 aliphatic rings. The van der Waals surface area contributed by atoms with Crippen molar-refractivity contribution in [3.05, 3.63) is 33.6 Å². The van der Waals surface area contributed by atoms with Gasteiger partial charge in [-0.3, -0.25) is 10.1 Å². The Hall–Kier alpha value is -1.61. The SMILES string of the molecule is N#Cc1ccc(S)c(F)c1[N+](=O)[O-]. The molecule has 0 saturated carbocycles. The molecule has 13 heavy (non-hydrogen) atoms. The average Bonchev–Trinajstić information content (AvgIpc) is 2.08. The Balaban J connectivity index is 3.53. The fourth-order valence-corrected chi connectivity index (χ4v) is 1.00. The van der Waals surface area contributed by atoms with Crippen molar-refractivity contribution in [1.29, 1.82) is 5.26 Å². The molecule has 0 saturated heterocycles. The Morgan fingerprint density at radius 1 is 1.62 bits per heavy atom. The van der Waals surface area contributed by atoms with E-state index in [1.54, 1.807) is 0 Å². The maximum atomic E-state index is 13.0. The van der Waals surface area contributed by atoms with Gasteiger partial charge in [0.25, 0.3) is 0 Å². The van der Waals surface area contributed by atoms with Gasteiger partial charge in [-0.15, -0.1) is 12.6 Å². The van der Waals surface area contributed by atoms with Gasteiger partial charge >= 0.3 is 5.69 Å². The third-order valence-corrected chi connectivity index (χ3v) is 1.74. The summed E-state index contributed by atoms with van der Waals surface area (Å²) < 4.78 is 13.0. The molecule has 0 atom stereocenters. The lowest BCUT2D eigenvalue weighted by molar-refractivity contribution is -0.388. The molecule has 66 valence electrons. The van der Waals surface area contributed by atoms with E-state index in [0.717, 1.165) is 6.07 Å². The van der Waals surface area contributed by atoms with Crippen LogP contribution in [0.2, 0.25) is 0 Å². The molecule has 0 spiro atoms. The predicted octanol–water partition coefficient (Wildman–Crippen LogP) is 1.89. The molecule has 0 heterocycles. The van der Waals surface area contributed by atoms with E-state index in [0.29, 0.717) is 0 Å². The highest BCUT2D eigenvalue weighted by molar-refractivity contribution is 7.80. The Bertz CT molecular complexity index is 414. The van der Waals surface area contributed by atoms with Crippen LogP contribution in [0, 0.1) is 27.3 Å². The normalized spacial score (nSPS) is 9.31. The molecule has 1 rings (SSSR count). The Morgan fingerprint density at radius 2 is 2.23 bits per heavy atom. The molecule has 1 aromatic rings. The molecule has 1 aromatic carbocycles. The first-order valence-electron chi connectivity index (χ1n) is 3.14. The summed E-state index contributed by atoms with van der Waals surface area (Å²) in [4.78, 5) is 9.25. The van der Waals surface area contributed by atoms with Crippen LogP contribution in [0.4, 0.5) is 10.1 Å². The number of nitro groups is 1. The Kier molecular flexibility index (Phi) is 2.49. The van der Waals surface area contributed by atoms with Crippen LogP contribution >= 0.6 is 12.6 Å². The van der Waals surface area contributed by atoms with Crippen LogP contribution in [0.15, 0.2) is 17.0 Å². The van der Waals surface area contributed by atoms with Gasteiger partial charge in [-0.05, 0) is 12.1 Å². The summed E-state index contributed by atoms with van der Waals surface area (Å²) in [6.07, 6.45) is 0. The van der Waals surface area contributed by atoms with Crippen molar-refractivity contribution in [2.45, 2.75) is 4.90 Å². The lowest BCUT2D eigenvalue weighted by Gasteiger charge is -1.97. The molecule has 0 bridgehead atoms. The maximum absolute atomic E-state index is 13.0. The zero-order chi connectivity index (χ0) is 10.0. The van der Waals surface area contributed by atoms with Gasteiger partial charge in [0, 0.05) is 4.90 Å². The van der Waals surface area contributed by atoms with Crippen LogP contribution < -0.4 is 0 Å². The fraction of sp³-hybridized carbons (Fsp3) is 0. The summed E-state index contributed by atoms with van der Waals surface area (Å²) in [5.74, 6) is -1.08. The molecule has 0 fully saturated rings. The zero-order valence-corrected chi connectivity index (χ0v) is 7.09. The average molecular weight is 198 g/mol. The number of hydrogen-bond acceptors (Lipinski definition) is 4. The van der Waals surface area contributed by atoms with Crippen LogP contribution in [0.1, 0.15) is 5.56 Å². The minimum Gasteiger partial charge on any atom is -0.258 e. The first-order chi connectivity index (χ1) is 6.07. The van der Waals surface area contributed by atoms with E-state index in [1.165, 1.54) is 12.1 Å². The van der Waals surface area contributed by atoms with Crippen molar-refractivity contribution >= 4 is 18.3 Å². The molecule has 6 heteroatoms. The minimum absolute atomic E-state index is 0.147. The van der Waals surface area contributed by atoms with E-state index in [-0.39, 0.29) is 10.5 Å². The van der Waals surface area contributed by atoms with Crippen LogP contribution in [-0.4, -0.2) is 4.92 Å². The van der Waals surface area contributed by atoms with E-state index in [2.05, 4.69) is 12.6 Å². The summed E-state index contributed by atoms with van der Waals surface area (Å²) >= 11 is 3.66.